The molecule has 4 rings (SSSR count). The molecular formula is C18H19N7. The molecule has 7 heteroatoms. The Morgan fingerprint density at radius 2 is 2.00 bits per heavy atom. The van der Waals surface area contributed by atoms with Crippen molar-refractivity contribution in [2.75, 3.05) is 0 Å². The van der Waals surface area contributed by atoms with Crippen LogP contribution in [0.3, 0.4) is 0 Å². The number of hydrogen-bond acceptors (Lipinski definition) is 5. The van der Waals surface area contributed by atoms with Crippen molar-refractivity contribution in [2.24, 2.45) is 0 Å². The highest BCUT2D eigenvalue weighted by Crippen LogP contribution is 2.24. The van der Waals surface area contributed by atoms with E-state index >= 15 is 0 Å². The van der Waals surface area contributed by atoms with E-state index in [4.69, 9.17) is 4.98 Å². The van der Waals surface area contributed by atoms with Gasteiger partial charge in [0.25, 0.3) is 0 Å². The summed E-state index contributed by atoms with van der Waals surface area (Å²) >= 11 is 0. The van der Waals surface area contributed by atoms with Crippen LogP contribution in [0.5, 0.6) is 0 Å². The lowest BCUT2D eigenvalue weighted by Crippen LogP contribution is -2.01. The van der Waals surface area contributed by atoms with Crippen LogP contribution in [0.15, 0.2) is 30.6 Å². The number of pyridine rings is 1. The van der Waals surface area contributed by atoms with E-state index in [0.29, 0.717) is 6.42 Å². The van der Waals surface area contributed by atoms with Crippen molar-refractivity contribution in [2.45, 2.75) is 33.7 Å². The summed E-state index contributed by atoms with van der Waals surface area (Å²) in [6.45, 7) is 6.81. The summed E-state index contributed by atoms with van der Waals surface area (Å²) < 4.78 is 1.85. The quantitative estimate of drug-likeness (QED) is 0.621. The molecule has 0 aliphatic carbocycles. The lowest BCUT2D eigenvalue weighted by atomic mass is 10.0. The fraction of sp³-hybridized carbons (Fsp3) is 0.278. The van der Waals surface area contributed by atoms with E-state index in [1.165, 1.54) is 11.1 Å². The number of nitrogens with zero attached hydrogens (tertiary/aromatic N) is 6. The van der Waals surface area contributed by atoms with E-state index in [0.717, 1.165) is 40.6 Å². The van der Waals surface area contributed by atoms with Crippen molar-refractivity contribution in [1.82, 2.24) is 34.9 Å². The molecule has 0 fully saturated rings. The Morgan fingerprint density at radius 1 is 1.12 bits per heavy atom. The second kappa shape index (κ2) is 6.08. The molecule has 1 aromatic carbocycles. The standard InChI is InChI=1S/C18H19N7/c1-4-25-18(19-10-20-25)16-7-11(2)14-8-13(5-6-15(14)22-16)9-17-21-12(3)23-24-17/h5-8,10H,4,9H2,1-3H3,(H,21,23,24). The molecule has 0 aliphatic heterocycles. The summed E-state index contributed by atoms with van der Waals surface area (Å²) in [6.07, 6.45) is 2.27. The lowest BCUT2D eigenvalue weighted by Gasteiger charge is -2.08. The van der Waals surface area contributed by atoms with Gasteiger partial charge in [-0.2, -0.15) is 10.2 Å². The SMILES string of the molecule is CCn1ncnc1-c1cc(C)c2cc(Cc3n[nH]c(C)n3)ccc2n1. The highest BCUT2D eigenvalue weighted by molar-refractivity contribution is 5.85. The zero-order valence-corrected chi connectivity index (χ0v) is 14.5. The topological polar surface area (TPSA) is 85.2 Å². The first-order valence-corrected chi connectivity index (χ1v) is 8.30. The maximum atomic E-state index is 4.78. The molecule has 0 saturated heterocycles. The number of aromatic amines is 1. The monoisotopic (exact) mass is 333 g/mol. The summed E-state index contributed by atoms with van der Waals surface area (Å²) in [4.78, 5) is 13.5. The van der Waals surface area contributed by atoms with Crippen molar-refractivity contribution in [3.05, 3.63) is 53.4 Å². The van der Waals surface area contributed by atoms with Crippen LogP contribution < -0.4 is 0 Å². The summed E-state index contributed by atoms with van der Waals surface area (Å²) in [7, 11) is 0. The summed E-state index contributed by atoms with van der Waals surface area (Å²) in [5, 5.41) is 12.5. The molecule has 0 bridgehead atoms. The fourth-order valence-electron chi connectivity index (χ4n) is 3.01. The average molecular weight is 333 g/mol. The van der Waals surface area contributed by atoms with Gasteiger partial charge in [0, 0.05) is 18.4 Å². The van der Waals surface area contributed by atoms with E-state index in [1.807, 2.05) is 24.6 Å². The van der Waals surface area contributed by atoms with Gasteiger partial charge in [-0.3, -0.25) is 5.10 Å². The highest BCUT2D eigenvalue weighted by atomic mass is 15.3. The normalized spacial score (nSPS) is 11.3. The lowest BCUT2D eigenvalue weighted by molar-refractivity contribution is 0.664. The minimum Gasteiger partial charge on any atom is -0.263 e. The maximum Gasteiger partial charge on any atom is 0.176 e. The van der Waals surface area contributed by atoms with Gasteiger partial charge in [0.2, 0.25) is 0 Å². The zero-order valence-electron chi connectivity index (χ0n) is 14.5. The fourth-order valence-corrected chi connectivity index (χ4v) is 3.01. The number of hydrogen-bond donors (Lipinski definition) is 1. The third-order valence-corrected chi connectivity index (χ3v) is 4.23. The molecule has 1 N–H and O–H groups in total. The van der Waals surface area contributed by atoms with Crippen LogP contribution in [-0.2, 0) is 13.0 Å². The Hall–Kier alpha value is -3.09. The molecule has 25 heavy (non-hydrogen) atoms. The molecule has 0 saturated carbocycles. The molecule has 0 unspecified atom stereocenters. The molecular weight excluding hydrogens is 314 g/mol. The predicted octanol–water partition coefficient (Wildman–Crippen LogP) is 2.84. The number of aromatic nitrogens is 7. The molecule has 7 nitrogen and oxygen atoms in total. The average Bonchev–Trinajstić information content (AvgIpc) is 3.24. The third-order valence-electron chi connectivity index (χ3n) is 4.23. The van der Waals surface area contributed by atoms with Gasteiger partial charge in [-0.25, -0.2) is 19.6 Å². The zero-order chi connectivity index (χ0) is 17.4. The van der Waals surface area contributed by atoms with Crippen LogP contribution in [0.2, 0.25) is 0 Å². The van der Waals surface area contributed by atoms with Gasteiger partial charge >= 0.3 is 0 Å². The smallest absolute Gasteiger partial charge is 0.176 e. The van der Waals surface area contributed by atoms with Crippen LogP contribution in [0, 0.1) is 13.8 Å². The van der Waals surface area contributed by atoms with E-state index in [1.54, 1.807) is 6.33 Å². The van der Waals surface area contributed by atoms with E-state index in [-0.39, 0.29) is 0 Å². The molecule has 3 heterocycles. The van der Waals surface area contributed by atoms with Gasteiger partial charge < -0.3 is 0 Å². The van der Waals surface area contributed by atoms with E-state index in [9.17, 15) is 0 Å². The maximum absolute atomic E-state index is 4.78. The highest BCUT2D eigenvalue weighted by Gasteiger charge is 2.11. The minimum atomic E-state index is 0.700. The summed E-state index contributed by atoms with van der Waals surface area (Å²) in [6, 6.07) is 8.36. The van der Waals surface area contributed by atoms with Gasteiger partial charge in [-0.15, -0.1) is 0 Å². The first-order chi connectivity index (χ1) is 12.1. The molecule has 0 amide bonds. The summed E-state index contributed by atoms with van der Waals surface area (Å²) in [5.74, 6) is 2.43. The van der Waals surface area contributed by atoms with Gasteiger partial charge in [-0.05, 0) is 50.1 Å². The molecule has 126 valence electrons. The predicted molar refractivity (Wildman–Crippen MR) is 95.1 cm³/mol. The van der Waals surface area contributed by atoms with Crippen molar-refractivity contribution < 1.29 is 0 Å². The second-order valence-corrected chi connectivity index (χ2v) is 6.09. The van der Waals surface area contributed by atoms with Crippen LogP contribution in [-0.4, -0.2) is 34.9 Å². The molecule has 0 spiro atoms. The number of fused-ring (bicyclic) bond motifs is 1. The van der Waals surface area contributed by atoms with Gasteiger partial charge in [0.05, 0.1) is 5.52 Å². The molecule has 0 radical (unpaired) electrons. The van der Waals surface area contributed by atoms with Crippen LogP contribution in [0.1, 0.15) is 29.7 Å². The Balaban J connectivity index is 1.74. The molecule has 0 aliphatic rings. The van der Waals surface area contributed by atoms with Gasteiger partial charge in [-0.1, -0.05) is 6.07 Å². The van der Waals surface area contributed by atoms with E-state index in [2.05, 4.69) is 50.4 Å². The number of nitrogens with one attached hydrogen (secondary N) is 1. The van der Waals surface area contributed by atoms with Crippen molar-refractivity contribution in [3.63, 3.8) is 0 Å². The summed E-state index contributed by atoms with van der Waals surface area (Å²) in [5.41, 5.74) is 4.14. The van der Waals surface area contributed by atoms with Gasteiger partial charge in [0.15, 0.2) is 11.6 Å². The molecule has 4 aromatic rings. The first-order valence-electron chi connectivity index (χ1n) is 8.30. The van der Waals surface area contributed by atoms with Gasteiger partial charge in [0.1, 0.15) is 17.8 Å². The first kappa shape index (κ1) is 15.4. The Bertz CT molecular complexity index is 1040. The Labute approximate surface area is 145 Å². The number of aryl methyl sites for hydroxylation is 3. The van der Waals surface area contributed by atoms with E-state index < -0.39 is 0 Å². The second-order valence-electron chi connectivity index (χ2n) is 6.09. The van der Waals surface area contributed by atoms with Crippen LogP contribution in [0.25, 0.3) is 22.4 Å². The van der Waals surface area contributed by atoms with Crippen LogP contribution in [0.4, 0.5) is 0 Å². The van der Waals surface area contributed by atoms with Crippen molar-refractivity contribution >= 4 is 10.9 Å². The van der Waals surface area contributed by atoms with Crippen LogP contribution >= 0.6 is 0 Å². The molecule has 3 aromatic heterocycles. The molecule has 0 atom stereocenters. The van der Waals surface area contributed by atoms with Crippen molar-refractivity contribution in [1.29, 1.82) is 0 Å². The number of H-pyrrole nitrogens is 1. The van der Waals surface area contributed by atoms with Crippen molar-refractivity contribution in [3.8, 4) is 11.5 Å². The largest absolute Gasteiger partial charge is 0.263 e. The third kappa shape index (κ3) is 2.88. The Morgan fingerprint density at radius 3 is 2.76 bits per heavy atom. The number of rotatable bonds is 4. The number of benzene rings is 1. The Kier molecular flexibility index (Phi) is 3.76. The minimum absolute atomic E-state index is 0.700.